The molecule has 23 heavy (non-hydrogen) atoms. The predicted molar refractivity (Wildman–Crippen MR) is 109 cm³/mol. The minimum atomic E-state index is -3.13. The van der Waals surface area contributed by atoms with E-state index in [0.717, 1.165) is 17.1 Å². The number of thiazole rings is 1. The lowest BCUT2D eigenvalue weighted by molar-refractivity contribution is 0.544. The monoisotopic (exact) mass is 474 g/mol. The minimum absolute atomic E-state index is 0. The van der Waals surface area contributed by atoms with Gasteiger partial charge in [-0.3, -0.25) is 4.99 Å². The molecular formula is C14H27IN4O2S2. The first kappa shape index (κ1) is 22.6. The molecule has 0 spiro atoms. The Labute approximate surface area is 160 Å². The maximum atomic E-state index is 11.7. The normalized spacial score (nSPS) is 12.7. The van der Waals surface area contributed by atoms with Crippen LogP contribution >= 0.6 is 35.3 Å². The summed E-state index contributed by atoms with van der Waals surface area (Å²) < 4.78 is 22.5. The summed E-state index contributed by atoms with van der Waals surface area (Å²) in [6.07, 6.45) is 2.06. The molecule has 9 heteroatoms. The molecule has 0 amide bonds. The van der Waals surface area contributed by atoms with Crippen molar-refractivity contribution in [1.29, 1.82) is 0 Å². The van der Waals surface area contributed by atoms with Crippen molar-refractivity contribution in [2.45, 2.75) is 38.9 Å². The smallest absolute Gasteiger partial charge is 0.191 e. The molecule has 0 aromatic carbocycles. The third-order valence-corrected chi connectivity index (χ3v) is 6.90. The lowest BCUT2D eigenvalue weighted by Gasteiger charge is -2.24. The summed E-state index contributed by atoms with van der Waals surface area (Å²) in [5, 5.41) is 7.34. The molecule has 0 aliphatic carbocycles. The summed E-state index contributed by atoms with van der Waals surface area (Å²) in [6, 6.07) is 0. The van der Waals surface area contributed by atoms with Gasteiger partial charge in [0, 0.05) is 37.7 Å². The van der Waals surface area contributed by atoms with E-state index in [0.29, 0.717) is 19.0 Å². The number of rotatable bonds is 6. The van der Waals surface area contributed by atoms with Crippen LogP contribution in [-0.2, 0) is 16.3 Å². The SMILES string of the molecule is CN=C(NCCc1nc(C)c(C)s1)NCC(C)(C)S(C)(=O)=O.I. The Morgan fingerprint density at radius 2 is 1.91 bits per heavy atom. The van der Waals surface area contributed by atoms with Gasteiger partial charge in [-0.05, 0) is 27.7 Å². The number of aryl methyl sites for hydroxylation is 2. The number of guanidine groups is 1. The highest BCUT2D eigenvalue weighted by Crippen LogP contribution is 2.16. The molecule has 1 heterocycles. The van der Waals surface area contributed by atoms with Crippen LogP contribution in [-0.4, -0.2) is 50.5 Å². The van der Waals surface area contributed by atoms with Crippen molar-refractivity contribution in [3.05, 3.63) is 15.6 Å². The lowest BCUT2D eigenvalue weighted by Crippen LogP contribution is -2.48. The van der Waals surface area contributed by atoms with Crippen LogP contribution < -0.4 is 10.6 Å². The summed E-state index contributed by atoms with van der Waals surface area (Å²) in [6.45, 7) is 8.48. The molecule has 1 aromatic heterocycles. The highest BCUT2D eigenvalue weighted by molar-refractivity contribution is 14.0. The Morgan fingerprint density at radius 1 is 1.30 bits per heavy atom. The molecule has 0 atom stereocenters. The number of hydrogen-bond donors (Lipinski definition) is 2. The fourth-order valence-corrected chi connectivity index (χ4v) is 2.85. The largest absolute Gasteiger partial charge is 0.356 e. The van der Waals surface area contributed by atoms with Gasteiger partial charge < -0.3 is 10.6 Å². The second-order valence-electron chi connectivity index (χ2n) is 5.88. The van der Waals surface area contributed by atoms with Crippen LogP contribution in [0.1, 0.15) is 29.4 Å². The lowest BCUT2D eigenvalue weighted by atomic mass is 10.2. The Morgan fingerprint density at radius 3 is 2.35 bits per heavy atom. The molecule has 0 saturated carbocycles. The minimum Gasteiger partial charge on any atom is -0.356 e. The second kappa shape index (κ2) is 9.16. The van der Waals surface area contributed by atoms with Crippen LogP contribution in [0.15, 0.2) is 4.99 Å². The molecule has 2 N–H and O–H groups in total. The van der Waals surface area contributed by atoms with E-state index >= 15 is 0 Å². The van der Waals surface area contributed by atoms with Crippen molar-refractivity contribution in [2.75, 3.05) is 26.4 Å². The van der Waals surface area contributed by atoms with E-state index in [1.807, 2.05) is 6.92 Å². The highest BCUT2D eigenvalue weighted by atomic mass is 127. The maximum Gasteiger partial charge on any atom is 0.191 e. The molecule has 1 rings (SSSR count). The van der Waals surface area contributed by atoms with E-state index in [-0.39, 0.29) is 24.0 Å². The number of hydrogen-bond acceptors (Lipinski definition) is 5. The van der Waals surface area contributed by atoms with E-state index in [2.05, 4.69) is 27.5 Å². The summed E-state index contributed by atoms with van der Waals surface area (Å²) in [7, 11) is -1.46. The second-order valence-corrected chi connectivity index (χ2v) is 9.82. The van der Waals surface area contributed by atoms with Gasteiger partial charge in [-0.15, -0.1) is 35.3 Å². The maximum absolute atomic E-state index is 11.7. The van der Waals surface area contributed by atoms with Crippen LogP contribution in [0, 0.1) is 13.8 Å². The van der Waals surface area contributed by atoms with Gasteiger partial charge in [-0.25, -0.2) is 13.4 Å². The topological polar surface area (TPSA) is 83.4 Å². The number of aliphatic imine (C=N–C) groups is 1. The first-order chi connectivity index (χ1) is 10.1. The van der Waals surface area contributed by atoms with Crippen LogP contribution in [0.5, 0.6) is 0 Å². The number of aromatic nitrogens is 1. The van der Waals surface area contributed by atoms with E-state index in [4.69, 9.17) is 0 Å². The zero-order valence-corrected chi connectivity index (χ0v) is 18.5. The van der Waals surface area contributed by atoms with Crippen molar-refractivity contribution in [2.24, 2.45) is 4.99 Å². The van der Waals surface area contributed by atoms with E-state index < -0.39 is 14.6 Å². The molecule has 0 aliphatic rings. The molecule has 0 saturated heterocycles. The van der Waals surface area contributed by atoms with E-state index in [1.165, 1.54) is 11.1 Å². The number of nitrogens with one attached hydrogen (secondary N) is 2. The first-order valence-electron chi connectivity index (χ1n) is 7.14. The average Bonchev–Trinajstić information content (AvgIpc) is 2.71. The summed E-state index contributed by atoms with van der Waals surface area (Å²) in [5.74, 6) is 0.599. The average molecular weight is 474 g/mol. The molecule has 134 valence electrons. The Kier molecular flexibility index (Phi) is 9.00. The van der Waals surface area contributed by atoms with E-state index in [1.54, 1.807) is 32.2 Å². The van der Waals surface area contributed by atoms with Gasteiger partial charge in [0.1, 0.15) is 0 Å². The van der Waals surface area contributed by atoms with Gasteiger partial charge in [-0.1, -0.05) is 0 Å². The summed E-state index contributed by atoms with van der Waals surface area (Å²) >= 11 is 1.70. The Hall–Kier alpha value is -0.420. The number of nitrogens with zero attached hydrogens (tertiary/aromatic N) is 2. The van der Waals surface area contributed by atoms with Gasteiger partial charge in [0.05, 0.1) is 15.4 Å². The molecule has 0 unspecified atom stereocenters. The van der Waals surface area contributed by atoms with Crippen LogP contribution in [0.4, 0.5) is 0 Å². The Balaban J connectivity index is 0.00000484. The predicted octanol–water partition coefficient (Wildman–Crippen LogP) is 1.91. The summed E-state index contributed by atoms with van der Waals surface area (Å²) in [5.41, 5.74) is 1.08. The van der Waals surface area contributed by atoms with Crippen LogP contribution in [0.3, 0.4) is 0 Å². The molecule has 0 radical (unpaired) electrons. The van der Waals surface area contributed by atoms with E-state index in [9.17, 15) is 8.42 Å². The van der Waals surface area contributed by atoms with Crippen molar-refractivity contribution in [3.8, 4) is 0 Å². The summed E-state index contributed by atoms with van der Waals surface area (Å²) in [4.78, 5) is 9.84. The van der Waals surface area contributed by atoms with Gasteiger partial charge in [0.25, 0.3) is 0 Å². The molecule has 0 aliphatic heterocycles. The molecule has 6 nitrogen and oxygen atoms in total. The zero-order chi connectivity index (χ0) is 17.0. The third kappa shape index (κ3) is 6.92. The van der Waals surface area contributed by atoms with Gasteiger partial charge in [-0.2, -0.15) is 0 Å². The van der Waals surface area contributed by atoms with Crippen LogP contribution in [0.25, 0.3) is 0 Å². The standard InChI is InChI=1S/C14H26N4O2S2.HI/c1-10-11(2)21-12(18-10)7-8-16-13(15-5)17-9-14(3,4)22(6,19)20;/h7-9H2,1-6H3,(H2,15,16,17);1H. The molecule has 1 aromatic rings. The van der Waals surface area contributed by atoms with Crippen molar-refractivity contribution >= 4 is 51.1 Å². The fourth-order valence-electron chi connectivity index (χ4n) is 1.58. The fraction of sp³-hybridized carbons (Fsp3) is 0.714. The number of halogens is 1. The molecule has 0 bridgehead atoms. The Bertz CT molecular complexity index is 620. The van der Waals surface area contributed by atoms with Crippen molar-refractivity contribution < 1.29 is 8.42 Å². The first-order valence-corrected chi connectivity index (χ1v) is 9.84. The van der Waals surface area contributed by atoms with Gasteiger partial charge >= 0.3 is 0 Å². The number of sulfone groups is 1. The quantitative estimate of drug-likeness (QED) is 0.374. The molecule has 0 fully saturated rings. The van der Waals surface area contributed by atoms with Crippen molar-refractivity contribution in [3.63, 3.8) is 0 Å². The van der Waals surface area contributed by atoms with Gasteiger partial charge in [0.15, 0.2) is 15.8 Å². The van der Waals surface area contributed by atoms with Crippen LogP contribution in [0.2, 0.25) is 0 Å². The molecular weight excluding hydrogens is 447 g/mol. The third-order valence-electron chi connectivity index (χ3n) is 3.61. The van der Waals surface area contributed by atoms with Gasteiger partial charge in [0.2, 0.25) is 0 Å². The highest BCUT2D eigenvalue weighted by Gasteiger charge is 2.30. The zero-order valence-electron chi connectivity index (χ0n) is 14.6. The van der Waals surface area contributed by atoms with Crippen molar-refractivity contribution in [1.82, 2.24) is 15.6 Å².